The molecular formula is C19H14ClN5O3. The number of halogens is 1. The zero-order valence-corrected chi connectivity index (χ0v) is 15.3. The number of rotatable bonds is 4. The van der Waals surface area contributed by atoms with Crippen LogP contribution in [-0.2, 0) is 9.59 Å². The monoisotopic (exact) mass is 395 g/mol. The van der Waals surface area contributed by atoms with Crippen LogP contribution in [0.15, 0.2) is 55.1 Å². The highest BCUT2D eigenvalue weighted by atomic mass is 35.5. The van der Waals surface area contributed by atoms with Crippen molar-refractivity contribution in [2.24, 2.45) is 0 Å². The van der Waals surface area contributed by atoms with Crippen molar-refractivity contribution >= 4 is 40.7 Å². The number of nitrogens with one attached hydrogen (secondary N) is 1. The average molecular weight is 396 g/mol. The molecule has 0 bridgehead atoms. The predicted octanol–water partition coefficient (Wildman–Crippen LogP) is 2.83. The molecule has 3 aromatic rings. The van der Waals surface area contributed by atoms with E-state index in [1.165, 1.54) is 17.3 Å². The molecule has 0 spiro atoms. The summed E-state index contributed by atoms with van der Waals surface area (Å²) in [5.74, 6) is -0.841. The summed E-state index contributed by atoms with van der Waals surface area (Å²) in [6.07, 6.45) is 3.32. The summed E-state index contributed by atoms with van der Waals surface area (Å²) in [6, 6.07) is 11.3. The fraction of sp³-hybridized carbons (Fsp3) is 0.105. The topological polar surface area (TPSA) is 97.2 Å². The number of hydrogen-bond donors (Lipinski definition) is 1. The second kappa shape index (κ2) is 7.24. The molecule has 1 fully saturated rings. The van der Waals surface area contributed by atoms with Gasteiger partial charge in [0.1, 0.15) is 12.7 Å². The highest BCUT2D eigenvalue weighted by molar-refractivity contribution is 6.31. The molecule has 1 aromatic heterocycles. The van der Waals surface area contributed by atoms with Gasteiger partial charge in [0.2, 0.25) is 11.8 Å². The van der Waals surface area contributed by atoms with E-state index < -0.39 is 0 Å². The van der Waals surface area contributed by atoms with Gasteiger partial charge in [-0.25, -0.2) is 9.67 Å². The summed E-state index contributed by atoms with van der Waals surface area (Å²) in [5, 5.41) is 7.33. The summed E-state index contributed by atoms with van der Waals surface area (Å²) >= 11 is 6.06. The Morgan fingerprint density at radius 1 is 1.04 bits per heavy atom. The van der Waals surface area contributed by atoms with Gasteiger partial charge < -0.3 is 5.32 Å². The molecule has 28 heavy (non-hydrogen) atoms. The van der Waals surface area contributed by atoms with Crippen molar-refractivity contribution in [3.8, 4) is 5.69 Å². The van der Waals surface area contributed by atoms with Gasteiger partial charge in [0.15, 0.2) is 0 Å². The van der Waals surface area contributed by atoms with Gasteiger partial charge >= 0.3 is 0 Å². The van der Waals surface area contributed by atoms with Crippen LogP contribution in [0.1, 0.15) is 23.2 Å². The lowest BCUT2D eigenvalue weighted by Gasteiger charge is -2.15. The number of imide groups is 1. The first kappa shape index (κ1) is 17.9. The maximum Gasteiger partial charge on any atom is 0.255 e. The van der Waals surface area contributed by atoms with Crippen LogP contribution in [0.3, 0.4) is 0 Å². The molecule has 8 nitrogen and oxygen atoms in total. The van der Waals surface area contributed by atoms with Gasteiger partial charge in [0, 0.05) is 23.4 Å². The maximum absolute atomic E-state index is 12.7. The molecule has 1 N–H and O–H groups in total. The number of aromatic nitrogens is 3. The van der Waals surface area contributed by atoms with Crippen LogP contribution in [0, 0.1) is 0 Å². The Labute approximate surface area is 164 Å². The van der Waals surface area contributed by atoms with Crippen molar-refractivity contribution in [3.63, 3.8) is 0 Å². The normalized spacial score (nSPS) is 13.8. The van der Waals surface area contributed by atoms with Gasteiger partial charge in [-0.15, -0.1) is 0 Å². The maximum atomic E-state index is 12.7. The molecule has 3 amide bonds. The number of amides is 3. The minimum atomic E-state index is -0.366. The van der Waals surface area contributed by atoms with Crippen molar-refractivity contribution < 1.29 is 14.4 Å². The number of hydrogen-bond acceptors (Lipinski definition) is 5. The average Bonchev–Trinajstić information content (AvgIpc) is 3.32. The Bertz CT molecular complexity index is 1050. The minimum Gasteiger partial charge on any atom is -0.320 e. The van der Waals surface area contributed by atoms with Crippen molar-refractivity contribution in [1.82, 2.24) is 14.8 Å². The third kappa shape index (κ3) is 3.37. The smallest absolute Gasteiger partial charge is 0.255 e. The van der Waals surface area contributed by atoms with Crippen molar-refractivity contribution in [2.75, 3.05) is 10.2 Å². The largest absolute Gasteiger partial charge is 0.320 e. The number of nitrogens with zero attached hydrogens (tertiary/aromatic N) is 4. The fourth-order valence-corrected chi connectivity index (χ4v) is 3.13. The molecule has 1 aliphatic heterocycles. The van der Waals surface area contributed by atoms with E-state index in [4.69, 9.17) is 11.6 Å². The van der Waals surface area contributed by atoms with E-state index in [1.54, 1.807) is 42.5 Å². The van der Waals surface area contributed by atoms with E-state index in [-0.39, 0.29) is 30.6 Å². The summed E-state index contributed by atoms with van der Waals surface area (Å²) < 4.78 is 1.51. The van der Waals surface area contributed by atoms with Crippen molar-refractivity contribution in [3.05, 3.63) is 65.7 Å². The molecule has 1 saturated heterocycles. The van der Waals surface area contributed by atoms with Crippen LogP contribution in [-0.4, -0.2) is 32.5 Å². The van der Waals surface area contributed by atoms with Gasteiger partial charge in [-0.1, -0.05) is 11.6 Å². The summed E-state index contributed by atoms with van der Waals surface area (Å²) in [4.78, 5) is 41.4. The number of benzene rings is 2. The summed E-state index contributed by atoms with van der Waals surface area (Å²) in [5.41, 5.74) is 1.90. The number of anilines is 2. The van der Waals surface area contributed by atoms with Gasteiger partial charge in [0.25, 0.3) is 5.91 Å². The summed E-state index contributed by atoms with van der Waals surface area (Å²) in [7, 11) is 0. The molecule has 0 radical (unpaired) electrons. The first-order chi connectivity index (χ1) is 13.5. The Kier molecular flexibility index (Phi) is 4.62. The molecule has 0 aliphatic carbocycles. The minimum absolute atomic E-state index is 0.209. The molecule has 140 valence electrons. The van der Waals surface area contributed by atoms with Crippen LogP contribution in [0.4, 0.5) is 11.4 Å². The molecule has 1 aliphatic rings. The van der Waals surface area contributed by atoms with Crippen molar-refractivity contribution in [1.29, 1.82) is 0 Å². The third-order valence-electron chi connectivity index (χ3n) is 4.31. The van der Waals surface area contributed by atoms with Crippen LogP contribution in [0.5, 0.6) is 0 Å². The van der Waals surface area contributed by atoms with E-state index in [0.717, 1.165) is 4.90 Å². The Balaban J connectivity index is 1.57. The van der Waals surface area contributed by atoms with Crippen molar-refractivity contribution in [2.45, 2.75) is 12.8 Å². The Morgan fingerprint density at radius 2 is 1.75 bits per heavy atom. The number of carbonyl (C=O) groups is 3. The standard InChI is InChI=1S/C19H14ClN5O3/c20-13-3-6-16(24-11-21-10-22-24)15(9-13)23-19(28)12-1-4-14(5-2-12)25-17(26)7-8-18(25)27/h1-6,9-11H,7-8H2,(H,23,28). The fourth-order valence-electron chi connectivity index (χ4n) is 2.96. The third-order valence-corrected chi connectivity index (χ3v) is 4.55. The van der Waals surface area contributed by atoms with Gasteiger partial charge in [-0.3, -0.25) is 19.3 Å². The van der Waals surface area contributed by atoms with Gasteiger partial charge in [-0.05, 0) is 42.5 Å². The van der Waals surface area contributed by atoms with Gasteiger partial charge in [0.05, 0.1) is 17.1 Å². The van der Waals surface area contributed by atoms with E-state index in [9.17, 15) is 14.4 Å². The Hall–Kier alpha value is -3.52. The zero-order chi connectivity index (χ0) is 19.7. The van der Waals surface area contributed by atoms with Crippen LogP contribution < -0.4 is 10.2 Å². The van der Waals surface area contributed by atoms with E-state index in [2.05, 4.69) is 15.4 Å². The molecule has 0 atom stereocenters. The Morgan fingerprint density at radius 3 is 2.39 bits per heavy atom. The SMILES string of the molecule is O=C(Nc1cc(Cl)ccc1-n1cncn1)c1ccc(N2C(=O)CCC2=O)cc1. The second-order valence-corrected chi connectivity index (χ2v) is 6.56. The molecule has 9 heteroatoms. The van der Waals surface area contributed by atoms with Crippen LogP contribution in [0.25, 0.3) is 5.69 Å². The predicted molar refractivity (Wildman–Crippen MR) is 102 cm³/mol. The van der Waals surface area contributed by atoms with E-state index in [1.807, 2.05) is 0 Å². The lowest BCUT2D eigenvalue weighted by Crippen LogP contribution is -2.28. The summed E-state index contributed by atoms with van der Waals surface area (Å²) in [6.45, 7) is 0. The van der Waals surface area contributed by atoms with E-state index in [0.29, 0.717) is 27.6 Å². The van der Waals surface area contributed by atoms with Crippen LogP contribution >= 0.6 is 11.6 Å². The lowest BCUT2D eigenvalue weighted by molar-refractivity contribution is -0.121. The molecule has 2 aromatic carbocycles. The highest BCUT2D eigenvalue weighted by Gasteiger charge is 2.30. The molecular weight excluding hydrogens is 382 g/mol. The molecule has 4 rings (SSSR count). The number of carbonyl (C=O) groups excluding carboxylic acids is 3. The molecule has 0 saturated carbocycles. The lowest BCUT2D eigenvalue weighted by atomic mass is 10.1. The zero-order valence-electron chi connectivity index (χ0n) is 14.5. The molecule has 2 heterocycles. The first-order valence-electron chi connectivity index (χ1n) is 8.45. The van der Waals surface area contributed by atoms with Gasteiger partial charge in [-0.2, -0.15) is 5.10 Å². The quantitative estimate of drug-likeness (QED) is 0.685. The van der Waals surface area contributed by atoms with E-state index >= 15 is 0 Å². The first-order valence-corrected chi connectivity index (χ1v) is 8.82. The highest BCUT2D eigenvalue weighted by Crippen LogP contribution is 2.26. The van der Waals surface area contributed by atoms with Crippen LogP contribution in [0.2, 0.25) is 5.02 Å². The molecule has 0 unspecified atom stereocenters. The second-order valence-electron chi connectivity index (χ2n) is 6.13.